The van der Waals surface area contributed by atoms with E-state index in [0.29, 0.717) is 0 Å². The molecule has 2 aromatic rings. The summed E-state index contributed by atoms with van der Waals surface area (Å²) in [5.41, 5.74) is -2.14. The number of esters is 2. The van der Waals surface area contributed by atoms with Crippen LogP contribution in [0.5, 0.6) is 0 Å². The van der Waals surface area contributed by atoms with E-state index in [1.165, 1.54) is 38.1 Å². The van der Waals surface area contributed by atoms with E-state index in [4.69, 9.17) is 9.47 Å². The molecule has 2 atom stereocenters. The van der Waals surface area contributed by atoms with E-state index in [0.717, 1.165) is 0 Å². The van der Waals surface area contributed by atoms with Crippen molar-refractivity contribution in [2.45, 2.75) is 45.5 Å². The Morgan fingerprint density at radius 3 is 1.53 bits per heavy atom. The van der Waals surface area contributed by atoms with Crippen LogP contribution in [0.4, 0.5) is 0 Å². The Morgan fingerprint density at radius 2 is 1.15 bits per heavy atom. The molecule has 0 aliphatic rings. The van der Waals surface area contributed by atoms with Crippen LogP contribution in [0.1, 0.15) is 48.4 Å². The molecule has 0 saturated carbocycles. The van der Waals surface area contributed by atoms with E-state index in [1.54, 1.807) is 50.2 Å². The van der Waals surface area contributed by atoms with Crippen molar-refractivity contribution >= 4 is 23.5 Å². The maximum absolute atomic E-state index is 13.6. The summed E-state index contributed by atoms with van der Waals surface area (Å²) in [5.74, 6) is -5.23. The number of rotatable bonds is 11. The average Bonchev–Trinajstić information content (AvgIpc) is 2.84. The first-order valence-electron chi connectivity index (χ1n) is 11.0. The van der Waals surface area contributed by atoms with Gasteiger partial charge in [0.2, 0.25) is 17.2 Å². The molecule has 0 fully saturated rings. The molecule has 182 valence electrons. The molecule has 0 aliphatic heterocycles. The fourth-order valence-electron chi connectivity index (χ4n) is 3.26. The zero-order chi connectivity index (χ0) is 25.5. The molecule has 2 rings (SSSR count). The smallest absolute Gasteiger partial charge is 0.339 e. The second kappa shape index (κ2) is 11.7. The molecule has 0 aliphatic carbocycles. The minimum Gasteiger partial charge on any atom is -0.463 e. The third-order valence-corrected chi connectivity index (χ3v) is 5.16. The summed E-state index contributed by atoms with van der Waals surface area (Å²) in [6.45, 7) is 6.55. The molecule has 2 aromatic carbocycles. The van der Waals surface area contributed by atoms with Crippen LogP contribution in [-0.2, 0) is 19.1 Å². The summed E-state index contributed by atoms with van der Waals surface area (Å²) in [7, 11) is 0. The molecular formula is C26H30O8. The van der Waals surface area contributed by atoms with Crippen LogP contribution in [0, 0.1) is 11.8 Å². The van der Waals surface area contributed by atoms with Gasteiger partial charge in [0.1, 0.15) is 0 Å². The van der Waals surface area contributed by atoms with Gasteiger partial charge >= 0.3 is 11.9 Å². The Kier molecular flexibility index (Phi) is 9.23. The Balaban J connectivity index is 2.46. The number of benzene rings is 2. The minimum atomic E-state index is -2.37. The number of aliphatic hydroxyl groups is 2. The van der Waals surface area contributed by atoms with Gasteiger partial charge in [-0.1, -0.05) is 88.4 Å². The van der Waals surface area contributed by atoms with Gasteiger partial charge in [-0.05, 0) is 5.92 Å². The topological polar surface area (TPSA) is 127 Å². The van der Waals surface area contributed by atoms with Crippen LogP contribution in [0.2, 0.25) is 0 Å². The van der Waals surface area contributed by atoms with Gasteiger partial charge in [0, 0.05) is 17.0 Å². The maximum atomic E-state index is 13.6. The molecule has 34 heavy (non-hydrogen) atoms. The van der Waals surface area contributed by atoms with Crippen molar-refractivity contribution in [1.29, 1.82) is 0 Å². The lowest BCUT2D eigenvalue weighted by Crippen LogP contribution is -2.57. The van der Waals surface area contributed by atoms with Crippen molar-refractivity contribution in [1.82, 2.24) is 0 Å². The van der Waals surface area contributed by atoms with E-state index in [9.17, 15) is 29.4 Å². The Labute approximate surface area is 198 Å². The van der Waals surface area contributed by atoms with Gasteiger partial charge in [-0.2, -0.15) is 0 Å². The first kappa shape index (κ1) is 26.9. The third-order valence-electron chi connectivity index (χ3n) is 5.16. The van der Waals surface area contributed by atoms with Gasteiger partial charge < -0.3 is 19.7 Å². The van der Waals surface area contributed by atoms with Crippen LogP contribution >= 0.6 is 0 Å². The zero-order valence-corrected chi connectivity index (χ0v) is 19.6. The second-order valence-corrected chi connectivity index (χ2v) is 8.62. The van der Waals surface area contributed by atoms with Crippen molar-refractivity contribution in [3.05, 3.63) is 71.8 Å². The minimum absolute atomic E-state index is 0.0351. The second-order valence-electron chi connectivity index (χ2n) is 8.62. The lowest BCUT2D eigenvalue weighted by atomic mass is 9.77. The number of carbonyl (C=O) groups is 4. The molecule has 2 unspecified atom stereocenters. The summed E-state index contributed by atoms with van der Waals surface area (Å²) in [6.07, 6.45) is -4.63. The van der Waals surface area contributed by atoms with Gasteiger partial charge in [-0.25, -0.2) is 9.59 Å². The number of aliphatic hydroxyl groups excluding tert-OH is 2. The molecule has 0 saturated heterocycles. The molecule has 8 nitrogen and oxygen atoms in total. The molecule has 0 amide bonds. The van der Waals surface area contributed by atoms with Crippen LogP contribution in [-0.4, -0.2) is 58.1 Å². The van der Waals surface area contributed by atoms with Crippen molar-refractivity contribution in [3.63, 3.8) is 0 Å². The van der Waals surface area contributed by atoms with Crippen LogP contribution in [0.3, 0.4) is 0 Å². The lowest BCUT2D eigenvalue weighted by molar-refractivity contribution is -0.179. The highest BCUT2D eigenvalue weighted by Crippen LogP contribution is 2.32. The van der Waals surface area contributed by atoms with Gasteiger partial charge in [0.05, 0.1) is 6.61 Å². The van der Waals surface area contributed by atoms with Crippen LogP contribution in [0.25, 0.3) is 0 Å². The Hall–Kier alpha value is -3.36. The highest BCUT2D eigenvalue weighted by molar-refractivity contribution is 6.23. The number of Topliss-reactive ketones (excluding diaryl/α,β-unsaturated/α-hetero) is 2. The highest BCUT2D eigenvalue weighted by atomic mass is 16.6. The lowest BCUT2D eigenvalue weighted by Gasteiger charge is -2.35. The zero-order valence-electron chi connectivity index (χ0n) is 19.6. The summed E-state index contributed by atoms with van der Waals surface area (Å²) in [4.78, 5) is 52.2. The molecule has 0 heterocycles. The SMILES string of the molecule is CC(C)COC(=O)C(O)C(O)C(=O)OC(C(=O)c1ccccc1)(C(=O)c1ccccc1)C(C)C. The molecule has 0 bridgehead atoms. The molecule has 2 N–H and O–H groups in total. The fraction of sp³-hybridized carbons (Fsp3) is 0.385. The van der Waals surface area contributed by atoms with Crippen LogP contribution in [0.15, 0.2) is 60.7 Å². The summed E-state index contributed by atoms with van der Waals surface area (Å²) < 4.78 is 10.3. The summed E-state index contributed by atoms with van der Waals surface area (Å²) in [5, 5.41) is 20.4. The maximum Gasteiger partial charge on any atom is 0.339 e. The quantitative estimate of drug-likeness (QED) is 0.291. The predicted molar refractivity (Wildman–Crippen MR) is 123 cm³/mol. The summed E-state index contributed by atoms with van der Waals surface area (Å²) >= 11 is 0. The average molecular weight is 471 g/mol. The molecule has 8 heteroatoms. The van der Waals surface area contributed by atoms with E-state index in [1.807, 2.05) is 0 Å². The van der Waals surface area contributed by atoms with Gasteiger partial charge in [0.15, 0.2) is 12.2 Å². The Bertz CT molecular complexity index is 946. The predicted octanol–water partition coefficient (Wildman–Crippen LogP) is 2.61. The normalized spacial score (nSPS) is 13.3. The van der Waals surface area contributed by atoms with Crippen molar-refractivity contribution in [3.8, 4) is 0 Å². The van der Waals surface area contributed by atoms with Crippen molar-refractivity contribution < 1.29 is 38.9 Å². The first-order valence-corrected chi connectivity index (χ1v) is 11.0. The number of ether oxygens (including phenoxy) is 2. The molecular weight excluding hydrogens is 440 g/mol. The van der Waals surface area contributed by atoms with Crippen LogP contribution < -0.4 is 0 Å². The van der Waals surface area contributed by atoms with E-state index in [2.05, 4.69) is 0 Å². The fourth-order valence-corrected chi connectivity index (χ4v) is 3.26. The number of hydrogen-bond donors (Lipinski definition) is 2. The van der Waals surface area contributed by atoms with Crippen molar-refractivity contribution in [2.75, 3.05) is 6.61 Å². The Morgan fingerprint density at radius 1 is 0.735 bits per heavy atom. The largest absolute Gasteiger partial charge is 0.463 e. The number of ketones is 2. The third kappa shape index (κ3) is 5.95. The molecule has 0 radical (unpaired) electrons. The monoisotopic (exact) mass is 470 g/mol. The highest BCUT2D eigenvalue weighted by Gasteiger charge is 2.54. The van der Waals surface area contributed by atoms with E-state index >= 15 is 0 Å². The molecule has 0 spiro atoms. The van der Waals surface area contributed by atoms with E-state index < -0.39 is 47.2 Å². The summed E-state index contributed by atoms with van der Waals surface area (Å²) in [6, 6.07) is 15.6. The standard InChI is InChI=1S/C26H30O8/c1-16(2)15-33-24(31)20(27)21(28)25(32)34-26(17(3)4,22(29)18-11-7-5-8-12-18)23(30)19-13-9-6-10-14-19/h5-14,16-17,20-21,27-28H,15H2,1-4H3. The van der Waals surface area contributed by atoms with Gasteiger partial charge in [0.25, 0.3) is 0 Å². The van der Waals surface area contributed by atoms with Crippen molar-refractivity contribution in [2.24, 2.45) is 11.8 Å². The number of hydrogen-bond acceptors (Lipinski definition) is 8. The van der Waals surface area contributed by atoms with Gasteiger partial charge in [-0.3, -0.25) is 9.59 Å². The number of carbonyl (C=O) groups excluding carboxylic acids is 4. The first-order chi connectivity index (χ1) is 16.0. The van der Waals surface area contributed by atoms with E-state index in [-0.39, 0.29) is 23.7 Å². The molecule has 0 aromatic heterocycles. The van der Waals surface area contributed by atoms with Gasteiger partial charge in [-0.15, -0.1) is 0 Å².